The number of alkyl halides is 9. The average molecular weight is 911 g/mol. The molecule has 0 amide bonds. The summed E-state index contributed by atoms with van der Waals surface area (Å²) in [4.78, 5) is 39.8. The van der Waals surface area contributed by atoms with Gasteiger partial charge in [-0.05, 0) is 41.3 Å². The van der Waals surface area contributed by atoms with E-state index in [1.807, 2.05) is 27.7 Å². The van der Waals surface area contributed by atoms with Crippen LogP contribution in [0, 0.1) is 11.6 Å². The molecular weight excluding hydrogens is 877 g/mol. The molecule has 0 spiro atoms. The first-order valence-electron chi connectivity index (χ1n) is 17.8. The normalized spacial score (nSPS) is 12.7. The van der Waals surface area contributed by atoms with Crippen molar-refractivity contribution < 1.29 is 76.8 Å². The number of fused-ring (bicyclic) bond motifs is 2. The van der Waals surface area contributed by atoms with E-state index in [0.29, 0.717) is 29.7 Å². The molecule has 0 aliphatic rings. The van der Waals surface area contributed by atoms with E-state index in [2.05, 4.69) is 55.0 Å². The van der Waals surface area contributed by atoms with E-state index in [1.165, 1.54) is 10.8 Å². The second-order valence-electron chi connectivity index (χ2n) is 12.4. The summed E-state index contributed by atoms with van der Waals surface area (Å²) in [5, 5.41) is 13.0. The Balaban J connectivity index is 0.000000266. The molecule has 4 heterocycles. The van der Waals surface area contributed by atoms with E-state index in [1.54, 1.807) is 6.07 Å². The SMILES string of the molecule is CC.COC(=O)C(Nc1cc(C(C)C)nc2ncnn12)c1ccc(OC(F)(F)F)c(F)c1.COC(=O)C(Nc1cc(C(F)(F)F)nc2ncnn12)c1ccc(OC(F)(F)F)c(F)c1. The predicted octanol–water partition coefficient (Wildman–Crippen LogP) is 8.14. The Morgan fingerprint density at radius 2 is 1.05 bits per heavy atom. The van der Waals surface area contributed by atoms with Crippen molar-refractivity contribution in [3.8, 4) is 11.5 Å². The van der Waals surface area contributed by atoms with E-state index < -0.39 is 83.3 Å². The predicted molar refractivity (Wildman–Crippen MR) is 195 cm³/mol. The molecule has 16 nitrogen and oxygen atoms in total. The zero-order valence-electron chi connectivity index (χ0n) is 33.2. The Morgan fingerprint density at radius 1 is 0.635 bits per heavy atom. The van der Waals surface area contributed by atoms with Crippen molar-refractivity contribution in [1.29, 1.82) is 0 Å². The zero-order chi connectivity index (χ0) is 47.0. The number of ether oxygens (including phenoxy) is 4. The van der Waals surface area contributed by atoms with Gasteiger partial charge in [0.2, 0.25) is 0 Å². The molecule has 27 heteroatoms. The van der Waals surface area contributed by atoms with Gasteiger partial charge >= 0.3 is 30.8 Å². The van der Waals surface area contributed by atoms with Gasteiger partial charge in [-0.25, -0.2) is 28.3 Å². The van der Waals surface area contributed by atoms with E-state index in [-0.39, 0.29) is 22.8 Å². The Kier molecular flexibility index (Phi) is 15.2. The number of nitrogens with one attached hydrogen (secondary N) is 2. The molecular formula is C36H33F11N10O6. The number of carbonyl (C=O) groups is 2. The Labute approximate surface area is 347 Å². The summed E-state index contributed by atoms with van der Waals surface area (Å²) in [5.41, 5.74) is -0.955. The lowest BCUT2D eigenvalue weighted by atomic mass is 10.1. The van der Waals surface area contributed by atoms with Crippen molar-refractivity contribution in [3.05, 3.63) is 95.3 Å². The highest BCUT2D eigenvalue weighted by atomic mass is 19.4. The summed E-state index contributed by atoms with van der Waals surface area (Å²) in [7, 11) is 2.08. The molecule has 4 aromatic heterocycles. The van der Waals surface area contributed by atoms with Gasteiger partial charge in [-0.1, -0.05) is 39.8 Å². The quantitative estimate of drug-likeness (QED) is 0.0939. The number of hydrogen-bond acceptors (Lipinski definition) is 14. The number of aromatic nitrogens is 8. The summed E-state index contributed by atoms with van der Waals surface area (Å²) in [6.45, 7) is 7.82. The monoisotopic (exact) mass is 910 g/mol. The molecule has 0 saturated heterocycles. The van der Waals surface area contributed by atoms with Gasteiger partial charge in [0.1, 0.15) is 24.3 Å². The first kappa shape index (κ1) is 48.6. The van der Waals surface area contributed by atoms with E-state index >= 15 is 0 Å². The van der Waals surface area contributed by atoms with Crippen molar-refractivity contribution >= 4 is 35.1 Å². The number of rotatable bonds is 11. The summed E-state index contributed by atoms with van der Waals surface area (Å²) in [5.74, 6) is -7.08. The first-order valence-corrected chi connectivity index (χ1v) is 17.8. The van der Waals surface area contributed by atoms with Gasteiger partial charge in [-0.3, -0.25) is 0 Å². The number of esters is 2. The topological polar surface area (TPSA) is 181 Å². The molecule has 2 aromatic carbocycles. The number of nitrogens with zero attached hydrogens (tertiary/aromatic N) is 8. The van der Waals surface area contributed by atoms with E-state index in [9.17, 15) is 57.9 Å². The van der Waals surface area contributed by atoms with Crippen molar-refractivity contribution in [3.63, 3.8) is 0 Å². The van der Waals surface area contributed by atoms with Gasteiger partial charge in [0.25, 0.3) is 11.6 Å². The fourth-order valence-electron chi connectivity index (χ4n) is 5.19. The van der Waals surface area contributed by atoms with Crippen LogP contribution in [0.1, 0.15) is 68.2 Å². The molecule has 0 fully saturated rings. The number of benzene rings is 2. The first-order chi connectivity index (χ1) is 29.5. The zero-order valence-corrected chi connectivity index (χ0v) is 33.2. The second-order valence-corrected chi connectivity index (χ2v) is 12.4. The Hall–Kier alpha value is -7.09. The third-order valence-electron chi connectivity index (χ3n) is 7.89. The summed E-state index contributed by atoms with van der Waals surface area (Å²) < 4.78 is 160. The number of carbonyl (C=O) groups excluding carboxylic acids is 2. The van der Waals surface area contributed by atoms with Gasteiger partial charge in [-0.15, -0.1) is 26.3 Å². The number of anilines is 2. The molecule has 2 atom stereocenters. The smallest absolute Gasteiger partial charge is 0.467 e. The van der Waals surface area contributed by atoms with Crippen molar-refractivity contribution in [2.75, 3.05) is 24.9 Å². The number of methoxy groups -OCH3 is 2. The fraction of sp³-hybridized carbons (Fsp3) is 0.333. The molecule has 2 N–H and O–H groups in total. The van der Waals surface area contributed by atoms with Crippen molar-refractivity contribution in [1.82, 2.24) is 39.2 Å². The lowest BCUT2D eigenvalue weighted by Gasteiger charge is -2.20. The van der Waals surface area contributed by atoms with E-state index in [0.717, 1.165) is 49.3 Å². The molecule has 6 aromatic rings. The maximum atomic E-state index is 14.2. The lowest BCUT2D eigenvalue weighted by molar-refractivity contribution is -0.276. The van der Waals surface area contributed by atoms with Crippen LogP contribution in [0.2, 0.25) is 0 Å². The molecule has 6 rings (SSSR count). The van der Waals surface area contributed by atoms with Crippen LogP contribution in [0.5, 0.6) is 11.5 Å². The van der Waals surface area contributed by atoms with Crippen LogP contribution < -0.4 is 20.1 Å². The molecule has 2 unspecified atom stereocenters. The summed E-state index contributed by atoms with van der Waals surface area (Å²) in [6.07, 6.45) is -12.9. The largest absolute Gasteiger partial charge is 0.573 e. The minimum Gasteiger partial charge on any atom is -0.467 e. The second kappa shape index (κ2) is 19.7. The number of halogens is 11. The highest BCUT2D eigenvalue weighted by Gasteiger charge is 2.36. The lowest BCUT2D eigenvalue weighted by Crippen LogP contribution is -2.25. The van der Waals surface area contributed by atoms with Crippen LogP contribution in [0.25, 0.3) is 11.6 Å². The molecule has 0 bridgehead atoms. The summed E-state index contributed by atoms with van der Waals surface area (Å²) in [6, 6.07) is 4.01. The molecule has 0 aliphatic carbocycles. The molecule has 0 radical (unpaired) electrons. The maximum Gasteiger partial charge on any atom is 0.573 e. The summed E-state index contributed by atoms with van der Waals surface area (Å²) >= 11 is 0. The van der Waals surface area contributed by atoms with Crippen LogP contribution in [-0.2, 0) is 25.2 Å². The molecule has 340 valence electrons. The van der Waals surface area contributed by atoms with Crippen LogP contribution in [-0.4, -0.2) is 78.0 Å². The molecule has 0 aliphatic heterocycles. The van der Waals surface area contributed by atoms with Crippen LogP contribution in [0.3, 0.4) is 0 Å². The minimum absolute atomic E-state index is 0.0186. The molecule has 63 heavy (non-hydrogen) atoms. The van der Waals surface area contributed by atoms with E-state index in [4.69, 9.17) is 4.74 Å². The fourth-order valence-corrected chi connectivity index (χ4v) is 5.19. The highest BCUT2D eigenvalue weighted by molar-refractivity contribution is 5.81. The third-order valence-corrected chi connectivity index (χ3v) is 7.89. The standard InChI is InChI=1S/C18H17F4N5O3.C16H10F7N5O3.C2H6/c1-9(2)12-7-14(27-17(25-12)23-8-24-27)26-15(16(28)29-3)10-4-5-13(11(19)6-10)30-18(20,21)22;1-30-13(29)12(7-2-3-9(8(17)4-7)31-16(21,22)23)27-11-5-10(15(18,19)20)26-14-24-6-25-28(11)14;1-2/h4-9,15,26H,1-3H3;2-6,12,27H,1H3;1-2H3. The van der Waals surface area contributed by atoms with Crippen molar-refractivity contribution in [2.45, 2.75) is 64.6 Å². The average Bonchev–Trinajstić information content (AvgIpc) is 3.90. The highest BCUT2D eigenvalue weighted by Crippen LogP contribution is 2.34. The Morgan fingerprint density at radius 3 is 1.41 bits per heavy atom. The minimum atomic E-state index is -5.16. The maximum absolute atomic E-state index is 14.2. The Bertz CT molecular complexity index is 2530. The van der Waals surface area contributed by atoms with Crippen molar-refractivity contribution in [2.24, 2.45) is 0 Å². The van der Waals surface area contributed by atoms with Gasteiger partial charge in [-0.2, -0.15) is 42.4 Å². The molecule has 0 saturated carbocycles. The third kappa shape index (κ3) is 12.5. The van der Waals surface area contributed by atoms with Crippen LogP contribution >= 0.6 is 0 Å². The van der Waals surface area contributed by atoms with Gasteiger partial charge in [0.05, 0.1) is 19.9 Å². The van der Waals surface area contributed by atoms with Gasteiger partial charge < -0.3 is 29.6 Å². The number of hydrogen-bond donors (Lipinski definition) is 2. The van der Waals surface area contributed by atoms with Gasteiger partial charge in [0, 0.05) is 12.1 Å². The van der Waals surface area contributed by atoms with Crippen LogP contribution in [0.4, 0.5) is 59.9 Å². The van der Waals surface area contributed by atoms with Gasteiger partial charge in [0.15, 0.2) is 40.9 Å². The van der Waals surface area contributed by atoms with Crippen LogP contribution in [0.15, 0.2) is 61.2 Å².